The first-order chi connectivity index (χ1) is 18.9. The Morgan fingerprint density at radius 1 is 0.854 bits per heavy atom. The lowest BCUT2D eigenvalue weighted by atomic mass is 9.89. The molecule has 3 aromatic carbocycles. The molecule has 0 atom stereocenters. The second-order valence-electron chi connectivity index (χ2n) is 11.2. The molecule has 0 aliphatic heterocycles. The Morgan fingerprint density at radius 2 is 1.51 bits per heavy atom. The molecule has 7 nitrogen and oxygen atoms in total. The van der Waals surface area contributed by atoms with Gasteiger partial charge in [-0.1, -0.05) is 36.4 Å². The summed E-state index contributed by atoms with van der Waals surface area (Å²) in [6.45, 7) is 6.15. The van der Waals surface area contributed by atoms with Crippen LogP contribution >= 0.6 is 0 Å². The van der Waals surface area contributed by atoms with E-state index in [0.29, 0.717) is 22.2 Å². The van der Waals surface area contributed by atoms with E-state index in [1.807, 2.05) is 42.5 Å². The summed E-state index contributed by atoms with van der Waals surface area (Å²) in [5, 5.41) is 11.4. The van der Waals surface area contributed by atoms with E-state index >= 15 is 0 Å². The van der Waals surface area contributed by atoms with Gasteiger partial charge in [-0.2, -0.15) is 0 Å². The van der Waals surface area contributed by atoms with Crippen molar-refractivity contribution in [1.29, 1.82) is 0 Å². The molecule has 0 fully saturated rings. The van der Waals surface area contributed by atoms with Crippen molar-refractivity contribution in [2.75, 3.05) is 12.5 Å². The molecule has 0 bridgehead atoms. The van der Waals surface area contributed by atoms with Crippen LogP contribution in [0.1, 0.15) is 44.4 Å². The number of carbonyl (C=O) groups excluding carboxylic acids is 1. The summed E-state index contributed by atoms with van der Waals surface area (Å²) < 4.78 is 48.1. The van der Waals surface area contributed by atoms with E-state index in [2.05, 4.69) is 4.98 Å². The van der Waals surface area contributed by atoms with Crippen molar-refractivity contribution in [3.05, 3.63) is 95.7 Å². The van der Waals surface area contributed by atoms with E-state index in [1.54, 1.807) is 44.3 Å². The third kappa shape index (κ3) is 6.32. The van der Waals surface area contributed by atoms with Gasteiger partial charge in [0.15, 0.2) is 25.5 Å². The van der Waals surface area contributed by atoms with Crippen LogP contribution in [0.5, 0.6) is 0 Å². The number of sulfone groups is 2. The maximum atomic E-state index is 13.3. The van der Waals surface area contributed by atoms with Crippen LogP contribution in [0, 0.1) is 0 Å². The van der Waals surface area contributed by atoms with E-state index in [-0.39, 0.29) is 10.5 Å². The van der Waals surface area contributed by atoms with Gasteiger partial charge in [0.05, 0.1) is 15.2 Å². The monoisotopic (exact) mass is 591 g/mol. The molecule has 0 spiro atoms. The summed E-state index contributed by atoms with van der Waals surface area (Å²) in [5.41, 5.74) is 2.47. The molecule has 1 heterocycles. The molecule has 4 rings (SSSR count). The number of hydrogen-bond donors (Lipinski definition) is 1. The topological polar surface area (TPSA) is 118 Å². The van der Waals surface area contributed by atoms with Crippen molar-refractivity contribution in [3.63, 3.8) is 0 Å². The summed E-state index contributed by atoms with van der Waals surface area (Å²) in [6, 6.07) is 20.7. The summed E-state index contributed by atoms with van der Waals surface area (Å²) in [7, 11) is -6.87. The fraction of sp³-hybridized carbons (Fsp3) is 0.250. The minimum absolute atomic E-state index is 0.120. The van der Waals surface area contributed by atoms with Crippen LogP contribution in [0.15, 0.2) is 83.9 Å². The Bertz CT molecular complexity index is 1900. The fourth-order valence-corrected chi connectivity index (χ4v) is 5.60. The van der Waals surface area contributed by atoms with E-state index in [1.165, 1.54) is 32.2 Å². The Morgan fingerprint density at radius 3 is 2.10 bits per heavy atom. The molecular formula is C32H33NO6S2. The van der Waals surface area contributed by atoms with Crippen LogP contribution in [-0.4, -0.2) is 50.8 Å². The predicted molar refractivity (Wildman–Crippen MR) is 164 cm³/mol. The van der Waals surface area contributed by atoms with Gasteiger partial charge in [0, 0.05) is 35.2 Å². The van der Waals surface area contributed by atoms with Crippen molar-refractivity contribution in [2.45, 2.75) is 42.9 Å². The summed E-state index contributed by atoms with van der Waals surface area (Å²) in [6.07, 6.45) is 5.66. The van der Waals surface area contributed by atoms with Gasteiger partial charge in [-0.25, -0.2) is 16.8 Å². The Balaban J connectivity index is 1.92. The number of carbonyl (C=O) groups is 1. The number of nitrogens with zero attached hydrogens (tertiary/aromatic N) is 1. The van der Waals surface area contributed by atoms with Gasteiger partial charge in [-0.05, 0) is 92.4 Å². The predicted octanol–water partition coefficient (Wildman–Crippen LogP) is 5.47. The minimum atomic E-state index is -3.44. The molecule has 1 aromatic heterocycles. The molecule has 1 N–H and O–H groups in total. The van der Waals surface area contributed by atoms with Crippen molar-refractivity contribution >= 4 is 48.0 Å². The van der Waals surface area contributed by atoms with E-state index in [4.69, 9.17) is 0 Å². The summed E-state index contributed by atoms with van der Waals surface area (Å²) >= 11 is 0. The molecule has 0 aliphatic rings. The maximum absolute atomic E-state index is 13.3. The van der Waals surface area contributed by atoms with Crippen LogP contribution in [0.4, 0.5) is 0 Å². The van der Waals surface area contributed by atoms with Gasteiger partial charge in [0.2, 0.25) is 0 Å². The number of hydrogen-bond acceptors (Lipinski definition) is 7. The van der Waals surface area contributed by atoms with Gasteiger partial charge in [-0.3, -0.25) is 9.78 Å². The highest BCUT2D eigenvalue weighted by Crippen LogP contribution is 2.37. The molecule has 41 heavy (non-hydrogen) atoms. The molecule has 214 valence electrons. The smallest absolute Gasteiger partial charge is 0.194 e. The molecule has 0 aliphatic carbocycles. The van der Waals surface area contributed by atoms with Crippen molar-refractivity contribution < 1.29 is 26.7 Å². The van der Waals surface area contributed by atoms with E-state index in [0.717, 1.165) is 22.8 Å². The van der Waals surface area contributed by atoms with Crippen LogP contribution in [0.3, 0.4) is 0 Å². The standard InChI is InChI=1S/C32H33NO6S2/c1-31(2,35)30(34)28(22-12-14-26(15-13-22)40(5,36)37)18-21-9-7-10-23(17-21)27-20-25(32(3,4)41(6,38)39)19-24-11-8-16-33-29(24)27/h7-20,35H,1-6H3/b28-18-. The number of rotatable bonds is 8. The largest absolute Gasteiger partial charge is 0.382 e. The number of aliphatic hydroxyl groups is 1. The number of pyridine rings is 1. The van der Waals surface area contributed by atoms with Crippen LogP contribution in [0.25, 0.3) is 33.7 Å². The summed E-state index contributed by atoms with van der Waals surface area (Å²) in [5.74, 6) is -0.529. The third-order valence-corrected chi connectivity index (χ3v) is 10.4. The second-order valence-corrected chi connectivity index (χ2v) is 15.8. The van der Waals surface area contributed by atoms with Gasteiger partial charge in [-0.15, -0.1) is 0 Å². The fourth-order valence-electron chi connectivity index (χ4n) is 4.43. The molecule has 0 unspecified atom stereocenters. The molecule has 0 saturated heterocycles. The molecule has 0 amide bonds. The van der Waals surface area contributed by atoms with Crippen LogP contribution in [0.2, 0.25) is 0 Å². The summed E-state index contributed by atoms with van der Waals surface area (Å²) in [4.78, 5) is 18.0. The molecule has 0 saturated carbocycles. The lowest BCUT2D eigenvalue weighted by Gasteiger charge is -2.24. The zero-order chi connectivity index (χ0) is 30.4. The SMILES string of the molecule is CC(C)(O)C(=O)/C(=C\c1cccc(-c2cc(C(C)(C)S(C)(=O)=O)cc3cccnc23)c1)c1ccc(S(C)(=O)=O)cc1. The first-order valence-electron chi connectivity index (χ1n) is 12.9. The highest BCUT2D eigenvalue weighted by Gasteiger charge is 2.33. The second kappa shape index (κ2) is 10.6. The molecule has 9 heteroatoms. The quantitative estimate of drug-likeness (QED) is 0.213. The number of Topliss-reactive ketones (excluding diaryl/α,β-unsaturated/α-hetero) is 1. The van der Waals surface area contributed by atoms with Gasteiger partial charge in [0.1, 0.15) is 5.60 Å². The van der Waals surface area contributed by atoms with Crippen molar-refractivity contribution in [3.8, 4) is 11.1 Å². The first-order valence-corrected chi connectivity index (χ1v) is 16.7. The maximum Gasteiger partial charge on any atom is 0.194 e. The highest BCUT2D eigenvalue weighted by molar-refractivity contribution is 7.91. The van der Waals surface area contributed by atoms with E-state index in [9.17, 15) is 26.7 Å². The lowest BCUT2D eigenvalue weighted by Crippen LogP contribution is -2.31. The Hall–Kier alpha value is -3.66. The number of fused-ring (bicyclic) bond motifs is 1. The molecular weight excluding hydrogens is 558 g/mol. The third-order valence-electron chi connectivity index (χ3n) is 7.23. The normalized spacial score (nSPS) is 13.4. The Kier molecular flexibility index (Phi) is 7.86. The number of aromatic nitrogens is 1. The van der Waals surface area contributed by atoms with E-state index < -0.39 is 35.8 Å². The van der Waals surface area contributed by atoms with Crippen LogP contribution < -0.4 is 0 Å². The highest BCUT2D eigenvalue weighted by atomic mass is 32.2. The van der Waals surface area contributed by atoms with Gasteiger partial charge >= 0.3 is 0 Å². The molecule has 4 aromatic rings. The van der Waals surface area contributed by atoms with Gasteiger partial charge in [0.25, 0.3) is 0 Å². The zero-order valence-electron chi connectivity index (χ0n) is 23.8. The lowest BCUT2D eigenvalue weighted by molar-refractivity contribution is -0.127. The molecule has 0 radical (unpaired) electrons. The van der Waals surface area contributed by atoms with Crippen LogP contribution in [-0.2, 0) is 29.2 Å². The first kappa shape index (κ1) is 30.3. The zero-order valence-corrected chi connectivity index (χ0v) is 25.5. The average molecular weight is 592 g/mol. The average Bonchev–Trinajstić information content (AvgIpc) is 2.89. The van der Waals surface area contributed by atoms with Crippen molar-refractivity contribution in [2.24, 2.45) is 0 Å². The van der Waals surface area contributed by atoms with Gasteiger partial charge < -0.3 is 5.11 Å². The van der Waals surface area contributed by atoms with Crippen molar-refractivity contribution in [1.82, 2.24) is 4.98 Å². The number of benzene rings is 3. The number of ketones is 1. The minimum Gasteiger partial charge on any atom is -0.382 e. The Labute approximate surface area is 241 Å².